The van der Waals surface area contributed by atoms with Crippen LogP contribution in [0.15, 0.2) is 0 Å². The van der Waals surface area contributed by atoms with Crippen LogP contribution in [-0.2, 0) is 4.74 Å². The Morgan fingerprint density at radius 3 is 3.00 bits per heavy atom. The van der Waals surface area contributed by atoms with Crippen molar-refractivity contribution in [1.29, 1.82) is 0 Å². The van der Waals surface area contributed by atoms with Crippen LogP contribution >= 0.6 is 11.8 Å². The molecular weight excluding hydrogens is 196 g/mol. The zero-order valence-electron chi connectivity index (χ0n) is 8.82. The van der Waals surface area contributed by atoms with E-state index in [0.29, 0.717) is 6.54 Å². The zero-order valence-corrected chi connectivity index (χ0v) is 9.63. The van der Waals surface area contributed by atoms with Gasteiger partial charge in [0.05, 0.1) is 12.7 Å². The van der Waals surface area contributed by atoms with Gasteiger partial charge in [0.15, 0.2) is 0 Å². The van der Waals surface area contributed by atoms with Gasteiger partial charge in [0.2, 0.25) is 0 Å². The van der Waals surface area contributed by atoms with Crippen LogP contribution in [0.3, 0.4) is 0 Å². The predicted molar refractivity (Wildman–Crippen MR) is 60.6 cm³/mol. The lowest BCUT2D eigenvalue weighted by Gasteiger charge is -2.37. The number of morpholine rings is 1. The van der Waals surface area contributed by atoms with Crippen LogP contribution in [0.5, 0.6) is 0 Å². The van der Waals surface area contributed by atoms with Crippen LogP contribution in [0, 0.1) is 5.92 Å². The topological polar surface area (TPSA) is 38.5 Å². The minimum absolute atomic E-state index is 0.265. The van der Waals surface area contributed by atoms with E-state index in [1.165, 1.54) is 11.5 Å². The molecule has 2 N–H and O–H groups in total. The Labute approximate surface area is 90.3 Å². The fourth-order valence-corrected chi connectivity index (χ4v) is 3.81. The van der Waals surface area contributed by atoms with Crippen molar-refractivity contribution in [3.63, 3.8) is 0 Å². The van der Waals surface area contributed by atoms with E-state index in [1.54, 1.807) is 0 Å². The molecule has 3 unspecified atom stereocenters. The largest absolute Gasteiger partial charge is 0.374 e. The van der Waals surface area contributed by atoms with Crippen LogP contribution in [0.2, 0.25) is 0 Å². The summed E-state index contributed by atoms with van der Waals surface area (Å²) in [6.07, 6.45) is 0.265. The lowest BCUT2D eigenvalue weighted by Crippen LogP contribution is -2.51. The number of hydrogen-bond acceptors (Lipinski definition) is 4. The van der Waals surface area contributed by atoms with Crippen molar-refractivity contribution >= 4 is 11.8 Å². The first-order chi connectivity index (χ1) is 6.81. The molecular formula is C10H20N2OS. The molecule has 4 heteroatoms. The molecule has 0 aromatic rings. The van der Waals surface area contributed by atoms with E-state index in [9.17, 15) is 0 Å². The molecule has 2 fully saturated rings. The van der Waals surface area contributed by atoms with Crippen LogP contribution in [-0.4, -0.2) is 54.8 Å². The molecule has 0 aliphatic carbocycles. The van der Waals surface area contributed by atoms with E-state index >= 15 is 0 Å². The summed E-state index contributed by atoms with van der Waals surface area (Å²) in [6.45, 7) is 6.00. The van der Waals surface area contributed by atoms with E-state index in [1.807, 2.05) is 0 Å². The number of thioether (sulfide) groups is 1. The Kier molecular flexibility index (Phi) is 3.71. The van der Waals surface area contributed by atoms with Gasteiger partial charge in [-0.2, -0.15) is 11.8 Å². The van der Waals surface area contributed by atoms with Gasteiger partial charge in [-0.1, -0.05) is 6.92 Å². The van der Waals surface area contributed by atoms with Crippen molar-refractivity contribution in [2.24, 2.45) is 11.7 Å². The predicted octanol–water partition coefficient (Wildman–Crippen LogP) is 0.397. The summed E-state index contributed by atoms with van der Waals surface area (Å²) >= 11 is 2.08. The van der Waals surface area contributed by atoms with Crippen molar-refractivity contribution < 1.29 is 4.74 Å². The second-order valence-electron chi connectivity index (χ2n) is 4.31. The fraction of sp³-hybridized carbons (Fsp3) is 1.00. The van der Waals surface area contributed by atoms with Gasteiger partial charge in [-0.15, -0.1) is 0 Å². The van der Waals surface area contributed by atoms with Gasteiger partial charge in [-0.25, -0.2) is 0 Å². The van der Waals surface area contributed by atoms with Gasteiger partial charge in [0.1, 0.15) is 0 Å². The smallest absolute Gasteiger partial charge is 0.0824 e. The number of hydrogen-bond donors (Lipinski definition) is 1. The summed E-state index contributed by atoms with van der Waals surface area (Å²) in [5.41, 5.74) is 5.64. The van der Waals surface area contributed by atoms with E-state index in [0.717, 1.165) is 31.7 Å². The quantitative estimate of drug-likeness (QED) is 0.725. The Balaban J connectivity index is 1.90. The lowest BCUT2D eigenvalue weighted by molar-refractivity contribution is -0.0399. The molecule has 2 aliphatic rings. The number of rotatable bonds is 2. The average molecular weight is 216 g/mol. The molecule has 2 heterocycles. The standard InChI is InChI=1S/C10H20N2OS/c1-8-6-14-7-10(8)12-2-3-13-9(4-11)5-12/h8-10H,2-7,11H2,1H3. The Hall–Kier alpha value is 0.230. The molecule has 3 atom stereocenters. The van der Waals surface area contributed by atoms with Crippen LogP contribution in [0.4, 0.5) is 0 Å². The van der Waals surface area contributed by atoms with Crippen LogP contribution in [0.1, 0.15) is 6.92 Å². The zero-order chi connectivity index (χ0) is 9.97. The second-order valence-corrected chi connectivity index (χ2v) is 5.38. The Morgan fingerprint density at radius 1 is 1.50 bits per heavy atom. The summed E-state index contributed by atoms with van der Waals surface area (Å²) in [6, 6.07) is 0.762. The summed E-state index contributed by atoms with van der Waals surface area (Å²) < 4.78 is 5.58. The third-order valence-electron chi connectivity index (χ3n) is 3.23. The highest BCUT2D eigenvalue weighted by atomic mass is 32.2. The van der Waals surface area contributed by atoms with E-state index in [4.69, 9.17) is 10.5 Å². The van der Waals surface area contributed by atoms with Crippen molar-refractivity contribution in [3.05, 3.63) is 0 Å². The van der Waals surface area contributed by atoms with Gasteiger partial charge in [0, 0.05) is 31.4 Å². The second kappa shape index (κ2) is 4.84. The Morgan fingerprint density at radius 2 is 2.36 bits per heavy atom. The molecule has 2 aliphatic heterocycles. The number of nitrogens with zero attached hydrogens (tertiary/aromatic N) is 1. The summed E-state index contributed by atoms with van der Waals surface area (Å²) in [5, 5.41) is 0. The summed E-state index contributed by atoms with van der Waals surface area (Å²) in [5.74, 6) is 3.44. The molecule has 82 valence electrons. The summed E-state index contributed by atoms with van der Waals surface area (Å²) in [4.78, 5) is 2.58. The van der Waals surface area contributed by atoms with Gasteiger partial charge in [-0.3, -0.25) is 4.90 Å². The first kappa shape index (κ1) is 10.7. The van der Waals surface area contributed by atoms with Gasteiger partial charge in [0.25, 0.3) is 0 Å². The van der Waals surface area contributed by atoms with Gasteiger partial charge in [-0.05, 0) is 11.7 Å². The van der Waals surface area contributed by atoms with Crippen molar-refractivity contribution in [3.8, 4) is 0 Å². The first-order valence-corrected chi connectivity index (χ1v) is 6.60. The fourth-order valence-electron chi connectivity index (χ4n) is 2.30. The minimum Gasteiger partial charge on any atom is -0.374 e. The SMILES string of the molecule is CC1CSCC1N1CCOC(CN)C1. The van der Waals surface area contributed by atoms with E-state index in [2.05, 4.69) is 23.6 Å². The molecule has 0 spiro atoms. The maximum absolute atomic E-state index is 5.64. The van der Waals surface area contributed by atoms with E-state index < -0.39 is 0 Å². The van der Waals surface area contributed by atoms with Crippen LogP contribution < -0.4 is 5.73 Å². The number of ether oxygens (including phenoxy) is 1. The van der Waals surface area contributed by atoms with Crippen molar-refractivity contribution in [2.45, 2.75) is 19.1 Å². The van der Waals surface area contributed by atoms with E-state index in [-0.39, 0.29) is 6.10 Å². The molecule has 0 bridgehead atoms. The molecule has 0 radical (unpaired) electrons. The molecule has 14 heavy (non-hydrogen) atoms. The van der Waals surface area contributed by atoms with Gasteiger partial charge < -0.3 is 10.5 Å². The minimum atomic E-state index is 0.265. The van der Waals surface area contributed by atoms with Gasteiger partial charge >= 0.3 is 0 Å². The third kappa shape index (κ3) is 2.24. The normalized spacial score (nSPS) is 40.3. The lowest BCUT2D eigenvalue weighted by atomic mass is 10.0. The third-order valence-corrected chi connectivity index (χ3v) is 4.57. The van der Waals surface area contributed by atoms with Crippen molar-refractivity contribution in [2.75, 3.05) is 37.7 Å². The molecule has 0 amide bonds. The Bertz CT molecular complexity index is 191. The highest BCUT2D eigenvalue weighted by Gasteiger charge is 2.32. The maximum Gasteiger partial charge on any atom is 0.0824 e. The van der Waals surface area contributed by atoms with Crippen LogP contribution in [0.25, 0.3) is 0 Å². The molecule has 2 rings (SSSR count). The summed E-state index contributed by atoms with van der Waals surface area (Å²) in [7, 11) is 0. The number of nitrogens with two attached hydrogens (primary N) is 1. The molecule has 0 saturated carbocycles. The highest BCUT2D eigenvalue weighted by Crippen LogP contribution is 2.28. The monoisotopic (exact) mass is 216 g/mol. The molecule has 3 nitrogen and oxygen atoms in total. The molecule has 2 saturated heterocycles. The highest BCUT2D eigenvalue weighted by molar-refractivity contribution is 7.99. The maximum atomic E-state index is 5.64. The molecule has 0 aromatic heterocycles. The average Bonchev–Trinajstić information content (AvgIpc) is 2.65. The first-order valence-electron chi connectivity index (χ1n) is 5.44. The van der Waals surface area contributed by atoms with Crippen molar-refractivity contribution in [1.82, 2.24) is 4.90 Å². The molecule has 0 aromatic carbocycles.